The Morgan fingerprint density at radius 2 is 1.50 bits per heavy atom. The van der Waals surface area contributed by atoms with Crippen LogP contribution in [0.2, 0.25) is 0 Å². The van der Waals surface area contributed by atoms with E-state index in [1.165, 1.54) is 0 Å². The Kier molecular flexibility index (Phi) is 5.68. The second-order valence-corrected chi connectivity index (χ2v) is 7.90. The molecule has 0 spiro atoms. The summed E-state index contributed by atoms with van der Waals surface area (Å²) in [5.41, 5.74) is 3.11. The molecular weight excluding hydrogens is 356 g/mol. The second-order valence-electron chi connectivity index (χ2n) is 7.90. The highest BCUT2D eigenvalue weighted by atomic mass is 16.3. The van der Waals surface area contributed by atoms with Gasteiger partial charge < -0.3 is 19.1 Å². The van der Waals surface area contributed by atoms with Gasteiger partial charge in [-0.25, -0.2) is 0 Å². The fourth-order valence-electron chi connectivity index (χ4n) is 4.14. The highest BCUT2D eigenvalue weighted by Crippen LogP contribution is 2.25. The smallest absolute Gasteiger partial charge is 0.257 e. The summed E-state index contributed by atoms with van der Waals surface area (Å²) in [6.07, 6.45) is 1.93. The lowest BCUT2D eigenvalue weighted by atomic mass is 9.96. The van der Waals surface area contributed by atoms with Crippen LogP contribution in [-0.2, 0) is 0 Å². The molecule has 0 aromatic carbocycles. The highest BCUT2D eigenvalue weighted by Gasteiger charge is 2.29. The van der Waals surface area contributed by atoms with Gasteiger partial charge in [0.1, 0.15) is 23.0 Å². The second kappa shape index (κ2) is 7.86. The summed E-state index contributed by atoms with van der Waals surface area (Å²) in [5, 5.41) is 3.03. The van der Waals surface area contributed by atoms with Gasteiger partial charge in [0.25, 0.3) is 11.8 Å². The van der Waals surface area contributed by atoms with Crippen LogP contribution < -0.4 is 5.32 Å². The van der Waals surface area contributed by atoms with Gasteiger partial charge in [0, 0.05) is 30.8 Å². The van der Waals surface area contributed by atoms with E-state index in [2.05, 4.69) is 5.32 Å². The minimum atomic E-state index is -0.104. The minimum absolute atomic E-state index is 0.0278. The first-order chi connectivity index (χ1) is 13.2. The third-order valence-electron chi connectivity index (χ3n) is 5.92. The Labute approximate surface area is 166 Å². The van der Waals surface area contributed by atoms with E-state index in [1.54, 1.807) is 0 Å². The molecule has 0 radical (unpaired) electrons. The van der Waals surface area contributed by atoms with Crippen molar-refractivity contribution in [2.45, 2.75) is 54.4 Å². The molecule has 6 nitrogen and oxygen atoms in total. The first-order valence-electron chi connectivity index (χ1n) is 9.91. The maximum atomic E-state index is 13.0. The van der Waals surface area contributed by atoms with E-state index in [9.17, 15) is 9.59 Å². The Morgan fingerprint density at radius 3 is 2.04 bits per heavy atom. The zero-order valence-electron chi connectivity index (χ0n) is 17.7. The minimum Gasteiger partial charge on any atom is -0.466 e. The number of carbonyl (C=O) groups is 2. The van der Waals surface area contributed by atoms with Crippen molar-refractivity contribution in [3.63, 3.8) is 0 Å². The number of hydrogen-bond acceptors (Lipinski definition) is 4. The predicted molar refractivity (Wildman–Crippen MR) is 107 cm³/mol. The van der Waals surface area contributed by atoms with Crippen LogP contribution in [-0.4, -0.2) is 36.3 Å². The summed E-state index contributed by atoms with van der Waals surface area (Å²) in [7, 11) is 0. The number of rotatable bonds is 4. The monoisotopic (exact) mass is 386 g/mol. The lowest BCUT2D eigenvalue weighted by molar-refractivity contribution is 0.0668. The Balaban J connectivity index is 1.64. The maximum Gasteiger partial charge on any atom is 0.257 e. The van der Waals surface area contributed by atoms with E-state index in [4.69, 9.17) is 8.83 Å². The van der Waals surface area contributed by atoms with E-state index < -0.39 is 0 Å². The fourth-order valence-corrected chi connectivity index (χ4v) is 4.14. The zero-order chi connectivity index (χ0) is 20.6. The topological polar surface area (TPSA) is 75.7 Å². The number of carbonyl (C=O) groups excluding carboxylic acids is 2. The number of hydrogen-bond donors (Lipinski definition) is 1. The molecule has 3 heterocycles. The summed E-state index contributed by atoms with van der Waals surface area (Å²) in [5.74, 6) is 3.06. The normalized spacial score (nSPS) is 17.1. The van der Waals surface area contributed by atoms with Crippen LogP contribution >= 0.6 is 0 Å². The van der Waals surface area contributed by atoms with E-state index in [0.29, 0.717) is 35.7 Å². The maximum absolute atomic E-state index is 13.0. The number of nitrogens with one attached hydrogen (secondary N) is 1. The Bertz CT molecular complexity index is 906. The van der Waals surface area contributed by atoms with Crippen molar-refractivity contribution in [2.75, 3.05) is 19.6 Å². The molecule has 6 heteroatoms. The van der Waals surface area contributed by atoms with Gasteiger partial charge in [-0.05, 0) is 60.3 Å². The lowest BCUT2D eigenvalue weighted by Gasteiger charge is -2.33. The number of likely N-dealkylation sites (tertiary alicyclic amines) is 1. The fraction of sp³-hybridized carbons (Fsp3) is 0.545. The number of amides is 2. The number of piperidine rings is 1. The molecule has 1 N–H and O–H groups in total. The van der Waals surface area contributed by atoms with Crippen molar-refractivity contribution < 1.29 is 18.4 Å². The van der Waals surface area contributed by atoms with Crippen LogP contribution in [0.25, 0.3) is 0 Å². The van der Waals surface area contributed by atoms with Gasteiger partial charge in [0.15, 0.2) is 0 Å². The summed E-state index contributed by atoms with van der Waals surface area (Å²) < 4.78 is 11.2. The molecule has 0 aliphatic carbocycles. The van der Waals surface area contributed by atoms with Crippen molar-refractivity contribution >= 4 is 11.8 Å². The molecule has 1 aliphatic rings. The SMILES string of the molecule is Cc1oc(C)c(C(=O)NC[C@@H]2CCCN(C(=O)c3c(C)oc(C)c3C)C2)c1C. The summed E-state index contributed by atoms with van der Waals surface area (Å²) >= 11 is 0. The van der Waals surface area contributed by atoms with E-state index in [1.807, 2.05) is 46.4 Å². The number of furan rings is 2. The molecule has 2 aromatic rings. The summed E-state index contributed by atoms with van der Waals surface area (Å²) in [6.45, 7) is 13.2. The van der Waals surface area contributed by atoms with Crippen LogP contribution in [0.1, 0.15) is 67.7 Å². The van der Waals surface area contributed by atoms with Crippen molar-refractivity contribution in [3.05, 3.63) is 45.3 Å². The largest absolute Gasteiger partial charge is 0.466 e. The first-order valence-corrected chi connectivity index (χ1v) is 9.91. The standard InChI is InChI=1S/C22H30N2O4/c1-12-14(3)27-16(5)19(12)21(25)23-10-18-8-7-9-24(11-18)22(26)20-13(2)15(4)28-17(20)6/h18H,7-11H2,1-6H3,(H,23,25)/t18-/m0/s1. The van der Waals surface area contributed by atoms with Gasteiger partial charge in [-0.15, -0.1) is 0 Å². The molecule has 1 aliphatic heterocycles. The van der Waals surface area contributed by atoms with Gasteiger partial charge in [0.05, 0.1) is 11.1 Å². The molecule has 0 unspecified atom stereocenters. The van der Waals surface area contributed by atoms with E-state index in [0.717, 1.165) is 42.0 Å². The van der Waals surface area contributed by atoms with E-state index >= 15 is 0 Å². The predicted octanol–water partition coefficient (Wildman–Crippen LogP) is 4.01. The van der Waals surface area contributed by atoms with Crippen molar-refractivity contribution in [3.8, 4) is 0 Å². The summed E-state index contributed by atoms with van der Waals surface area (Å²) in [4.78, 5) is 27.5. The van der Waals surface area contributed by atoms with Gasteiger partial charge in [-0.1, -0.05) is 0 Å². The van der Waals surface area contributed by atoms with Crippen LogP contribution in [0, 0.1) is 47.5 Å². The average Bonchev–Trinajstić information content (AvgIpc) is 3.06. The van der Waals surface area contributed by atoms with Gasteiger partial charge in [0.2, 0.25) is 0 Å². The van der Waals surface area contributed by atoms with Gasteiger partial charge in [-0.3, -0.25) is 9.59 Å². The zero-order valence-corrected chi connectivity index (χ0v) is 17.7. The Hall–Kier alpha value is -2.50. The molecular formula is C22H30N2O4. The van der Waals surface area contributed by atoms with Crippen LogP contribution in [0.4, 0.5) is 0 Å². The van der Waals surface area contributed by atoms with Crippen molar-refractivity contribution in [1.82, 2.24) is 10.2 Å². The third kappa shape index (κ3) is 3.73. The molecule has 3 rings (SSSR count). The van der Waals surface area contributed by atoms with Gasteiger partial charge >= 0.3 is 0 Å². The van der Waals surface area contributed by atoms with Crippen molar-refractivity contribution in [2.24, 2.45) is 5.92 Å². The molecule has 1 fully saturated rings. The quantitative estimate of drug-likeness (QED) is 0.862. The molecule has 28 heavy (non-hydrogen) atoms. The lowest BCUT2D eigenvalue weighted by Crippen LogP contribution is -2.44. The molecule has 152 valence electrons. The molecule has 2 aromatic heterocycles. The third-order valence-corrected chi connectivity index (χ3v) is 5.92. The molecule has 0 saturated carbocycles. The average molecular weight is 386 g/mol. The molecule has 0 bridgehead atoms. The molecule has 1 saturated heterocycles. The summed E-state index contributed by atoms with van der Waals surface area (Å²) in [6, 6.07) is 0. The first kappa shape index (κ1) is 20.2. The molecule has 2 amide bonds. The highest BCUT2D eigenvalue weighted by molar-refractivity contribution is 5.97. The number of nitrogens with zero attached hydrogens (tertiary/aromatic N) is 1. The van der Waals surface area contributed by atoms with E-state index in [-0.39, 0.29) is 17.7 Å². The van der Waals surface area contributed by atoms with Crippen molar-refractivity contribution in [1.29, 1.82) is 0 Å². The van der Waals surface area contributed by atoms with Gasteiger partial charge in [-0.2, -0.15) is 0 Å². The van der Waals surface area contributed by atoms with Crippen LogP contribution in [0.3, 0.4) is 0 Å². The molecule has 1 atom stereocenters. The van der Waals surface area contributed by atoms with Crippen LogP contribution in [0.15, 0.2) is 8.83 Å². The van der Waals surface area contributed by atoms with Crippen LogP contribution in [0.5, 0.6) is 0 Å². The Morgan fingerprint density at radius 1 is 0.929 bits per heavy atom. The number of aryl methyl sites for hydroxylation is 4.